The summed E-state index contributed by atoms with van der Waals surface area (Å²) < 4.78 is 33.4. The fourth-order valence-corrected chi connectivity index (χ4v) is 5.25. The number of nitrogens with zero attached hydrogens (tertiary/aromatic N) is 2. The van der Waals surface area contributed by atoms with E-state index < -0.39 is 15.9 Å². The van der Waals surface area contributed by atoms with Gasteiger partial charge in [0.2, 0.25) is 5.13 Å². The average Bonchev–Trinajstić information content (AvgIpc) is 3.35. The smallest absolute Gasteiger partial charge is 0.263 e. The first kappa shape index (κ1) is 26.2. The van der Waals surface area contributed by atoms with E-state index in [9.17, 15) is 13.2 Å². The van der Waals surface area contributed by atoms with Gasteiger partial charge in [0, 0.05) is 11.3 Å². The van der Waals surface area contributed by atoms with Crippen molar-refractivity contribution in [1.82, 2.24) is 15.5 Å². The first-order valence-electron chi connectivity index (χ1n) is 11.2. The van der Waals surface area contributed by atoms with Gasteiger partial charge in [-0.2, -0.15) is 0 Å². The van der Waals surface area contributed by atoms with Crippen molar-refractivity contribution in [2.45, 2.75) is 24.8 Å². The molecule has 0 radical (unpaired) electrons. The summed E-state index contributed by atoms with van der Waals surface area (Å²) in [7, 11) is -3.82. The number of ether oxygens (including phenoxy) is 1. The Hall–Kier alpha value is -3.87. The summed E-state index contributed by atoms with van der Waals surface area (Å²) in [5, 5.41) is 14.2. The van der Waals surface area contributed by atoms with Crippen molar-refractivity contribution >= 4 is 55.4 Å². The molecule has 0 spiro atoms. The highest BCUT2D eigenvalue weighted by Crippen LogP contribution is 2.21. The van der Waals surface area contributed by atoms with Crippen LogP contribution in [0.15, 0.2) is 83.8 Å². The Morgan fingerprint density at radius 2 is 1.76 bits per heavy atom. The van der Waals surface area contributed by atoms with E-state index in [1.54, 1.807) is 36.4 Å². The largest absolute Gasteiger partial charge is 0.489 e. The molecule has 0 aliphatic heterocycles. The van der Waals surface area contributed by atoms with Gasteiger partial charge in [0.05, 0.1) is 4.90 Å². The minimum Gasteiger partial charge on any atom is -0.489 e. The molecule has 12 heteroatoms. The number of carbonyl (C=O) groups is 1. The van der Waals surface area contributed by atoms with Crippen LogP contribution in [-0.2, 0) is 23.1 Å². The number of hydrogen-bond donors (Lipinski definition) is 3. The zero-order valence-electron chi connectivity index (χ0n) is 19.7. The molecule has 0 saturated heterocycles. The van der Waals surface area contributed by atoms with Crippen LogP contribution in [0.4, 0.5) is 10.8 Å². The Bertz CT molecular complexity index is 1490. The van der Waals surface area contributed by atoms with Crippen LogP contribution < -0.4 is 20.1 Å². The predicted octanol–water partition coefficient (Wildman–Crippen LogP) is 4.61. The lowest BCUT2D eigenvalue weighted by molar-refractivity contribution is 0.0977. The summed E-state index contributed by atoms with van der Waals surface area (Å²) in [5.74, 6) is 0.148. The van der Waals surface area contributed by atoms with Gasteiger partial charge in [-0.25, -0.2) is 8.42 Å². The SMILES string of the molecule is CCc1nnc(NS(=O)(=O)c2ccc(NC(=S)NC(=O)c3cccc(OCc4ccccc4)c3)cc2)s1. The number of nitrogens with one attached hydrogen (secondary N) is 3. The summed E-state index contributed by atoms with van der Waals surface area (Å²) >= 11 is 6.43. The van der Waals surface area contributed by atoms with Crippen LogP contribution in [0.3, 0.4) is 0 Å². The molecule has 1 amide bonds. The van der Waals surface area contributed by atoms with E-state index in [0.29, 0.717) is 30.0 Å². The van der Waals surface area contributed by atoms with E-state index in [1.807, 2.05) is 37.3 Å². The van der Waals surface area contributed by atoms with E-state index in [4.69, 9.17) is 17.0 Å². The minimum absolute atomic E-state index is 0.0496. The molecule has 1 heterocycles. The molecule has 0 unspecified atom stereocenters. The summed E-state index contributed by atoms with van der Waals surface area (Å²) in [6.45, 7) is 2.30. The normalized spacial score (nSPS) is 10.9. The molecule has 0 bridgehead atoms. The van der Waals surface area contributed by atoms with Crippen molar-refractivity contribution in [2.75, 3.05) is 10.0 Å². The second-order valence-electron chi connectivity index (χ2n) is 7.69. The summed E-state index contributed by atoms with van der Waals surface area (Å²) in [6, 6.07) is 22.4. The summed E-state index contributed by atoms with van der Waals surface area (Å²) in [4.78, 5) is 12.7. The van der Waals surface area contributed by atoms with Crippen LogP contribution in [-0.4, -0.2) is 29.6 Å². The van der Waals surface area contributed by atoms with Gasteiger partial charge in [-0.3, -0.25) is 14.8 Å². The van der Waals surface area contributed by atoms with Crippen molar-refractivity contribution in [3.05, 3.63) is 95.0 Å². The Balaban J connectivity index is 1.32. The second-order valence-corrected chi connectivity index (χ2v) is 10.8. The molecular weight excluding hydrogens is 531 g/mol. The Morgan fingerprint density at radius 1 is 1.00 bits per heavy atom. The van der Waals surface area contributed by atoms with Crippen LogP contribution in [0.1, 0.15) is 27.9 Å². The number of aryl methyl sites for hydroxylation is 1. The summed E-state index contributed by atoms with van der Waals surface area (Å²) in [6.07, 6.45) is 0.670. The fourth-order valence-electron chi connectivity index (χ4n) is 3.13. The monoisotopic (exact) mass is 553 g/mol. The van der Waals surface area contributed by atoms with Gasteiger partial charge in [0.25, 0.3) is 15.9 Å². The number of sulfonamides is 1. The maximum absolute atomic E-state index is 12.7. The number of benzene rings is 3. The van der Waals surface area contributed by atoms with Crippen LogP contribution in [0.5, 0.6) is 5.75 Å². The Kier molecular flexibility index (Phi) is 8.43. The van der Waals surface area contributed by atoms with Gasteiger partial charge < -0.3 is 10.1 Å². The average molecular weight is 554 g/mol. The van der Waals surface area contributed by atoms with E-state index in [0.717, 1.165) is 10.6 Å². The van der Waals surface area contributed by atoms with Gasteiger partial charge in [0.15, 0.2) is 5.11 Å². The molecule has 3 N–H and O–H groups in total. The van der Waals surface area contributed by atoms with Gasteiger partial charge in [0.1, 0.15) is 17.4 Å². The maximum Gasteiger partial charge on any atom is 0.263 e. The van der Waals surface area contributed by atoms with E-state index in [1.165, 1.54) is 23.5 Å². The lowest BCUT2D eigenvalue weighted by Gasteiger charge is -2.11. The first-order chi connectivity index (χ1) is 17.8. The van der Waals surface area contributed by atoms with Crippen LogP contribution in [0.25, 0.3) is 0 Å². The van der Waals surface area contributed by atoms with Crippen molar-refractivity contribution in [3.8, 4) is 5.75 Å². The lowest BCUT2D eigenvalue weighted by Crippen LogP contribution is -2.34. The molecule has 0 fully saturated rings. The number of carbonyl (C=O) groups excluding carboxylic acids is 1. The zero-order chi connectivity index (χ0) is 26.3. The number of thiocarbonyl (C=S) groups is 1. The van der Waals surface area contributed by atoms with Crippen molar-refractivity contribution in [2.24, 2.45) is 0 Å². The quantitative estimate of drug-likeness (QED) is 0.257. The van der Waals surface area contributed by atoms with Gasteiger partial charge >= 0.3 is 0 Å². The van der Waals surface area contributed by atoms with E-state index >= 15 is 0 Å². The fraction of sp³-hybridized carbons (Fsp3) is 0.120. The van der Waals surface area contributed by atoms with Crippen molar-refractivity contribution < 1.29 is 17.9 Å². The van der Waals surface area contributed by atoms with Gasteiger partial charge in [-0.05, 0) is 66.7 Å². The molecule has 1 aromatic heterocycles. The maximum atomic E-state index is 12.7. The molecule has 190 valence electrons. The van der Waals surface area contributed by atoms with Gasteiger partial charge in [-0.1, -0.05) is 54.7 Å². The van der Waals surface area contributed by atoms with E-state index in [-0.39, 0.29) is 15.1 Å². The number of amides is 1. The molecule has 0 aliphatic rings. The molecule has 3 aromatic carbocycles. The zero-order valence-corrected chi connectivity index (χ0v) is 22.1. The number of hydrogen-bond acceptors (Lipinski definition) is 8. The molecule has 0 aliphatic carbocycles. The number of rotatable bonds is 9. The molecule has 9 nitrogen and oxygen atoms in total. The second kappa shape index (κ2) is 11.9. The third kappa shape index (κ3) is 7.32. The standard InChI is InChI=1S/C25H23N5O4S3/c1-2-22-28-29-25(36-22)30-37(32,33)21-13-11-19(12-14-21)26-24(35)27-23(31)18-9-6-10-20(15-18)34-16-17-7-4-3-5-8-17/h3-15H,2,16H2,1H3,(H,29,30)(H2,26,27,31,35). The van der Waals surface area contributed by atoms with Gasteiger partial charge in [-0.15, -0.1) is 10.2 Å². The molecule has 4 rings (SSSR count). The molecule has 0 saturated carbocycles. The van der Waals surface area contributed by atoms with Crippen LogP contribution >= 0.6 is 23.6 Å². The molecular formula is C25H23N5O4S3. The molecule has 4 aromatic rings. The summed E-state index contributed by atoms with van der Waals surface area (Å²) in [5.41, 5.74) is 1.90. The minimum atomic E-state index is -3.82. The third-order valence-electron chi connectivity index (χ3n) is 4.99. The highest BCUT2D eigenvalue weighted by Gasteiger charge is 2.17. The Morgan fingerprint density at radius 3 is 2.46 bits per heavy atom. The van der Waals surface area contributed by atoms with Crippen molar-refractivity contribution in [1.29, 1.82) is 0 Å². The lowest BCUT2D eigenvalue weighted by atomic mass is 10.2. The molecule has 0 atom stereocenters. The molecule has 37 heavy (non-hydrogen) atoms. The van der Waals surface area contributed by atoms with Crippen molar-refractivity contribution in [3.63, 3.8) is 0 Å². The van der Waals surface area contributed by atoms with E-state index in [2.05, 4.69) is 25.6 Å². The highest BCUT2D eigenvalue weighted by atomic mass is 32.2. The van der Waals surface area contributed by atoms with Crippen LogP contribution in [0.2, 0.25) is 0 Å². The number of anilines is 2. The predicted molar refractivity (Wildman–Crippen MR) is 147 cm³/mol. The first-order valence-corrected chi connectivity index (χ1v) is 13.9. The Labute approximate surface area is 224 Å². The highest BCUT2D eigenvalue weighted by molar-refractivity contribution is 7.93. The topological polar surface area (TPSA) is 122 Å². The number of aromatic nitrogens is 2. The van der Waals surface area contributed by atoms with Crippen LogP contribution in [0, 0.1) is 0 Å². The third-order valence-corrected chi connectivity index (χ3v) is 7.66.